The fourth-order valence-corrected chi connectivity index (χ4v) is 2.60. The average Bonchev–Trinajstić information content (AvgIpc) is 2.96. The molecule has 72 valence electrons. The Labute approximate surface area is 78.3 Å². The molecule has 0 aromatic heterocycles. The standard InChI is InChI=1S/C10H16N2O/c11-8-5-12(9(8)13)6-10(3-4-10)7-1-2-7/h7-8H,1-6,11H2. The molecule has 1 heterocycles. The van der Waals surface area contributed by atoms with Crippen molar-refractivity contribution in [2.75, 3.05) is 13.1 Å². The molecule has 0 aromatic carbocycles. The maximum atomic E-state index is 11.3. The predicted molar refractivity (Wildman–Crippen MR) is 48.9 cm³/mol. The van der Waals surface area contributed by atoms with Crippen LogP contribution in [0.3, 0.4) is 0 Å². The van der Waals surface area contributed by atoms with E-state index in [-0.39, 0.29) is 11.9 Å². The summed E-state index contributed by atoms with van der Waals surface area (Å²) in [5.74, 6) is 1.11. The van der Waals surface area contributed by atoms with E-state index in [4.69, 9.17) is 5.73 Å². The number of nitrogens with zero attached hydrogens (tertiary/aromatic N) is 1. The Balaban J connectivity index is 1.60. The molecule has 1 aliphatic heterocycles. The first-order valence-corrected chi connectivity index (χ1v) is 5.26. The molecular weight excluding hydrogens is 164 g/mol. The monoisotopic (exact) mass is 180 g/mol. The lowest BCUT2D eigenvalue weighted by atomic mass is 9.97. The Morgan fingerprint density at radius 2 is 2.15 bits per heavy atom. The summed E-state index contributed by atoms with van der Waals surface area (Å²) in [6.45, 7) is 1.80. The van der Waals surface area contributed by atoms with Crippen LogP contribution in [0.5, 0.6) is 0 Å². The van der Waals surface area contributed by atoms with Crippen molar-refractivity contribution in [2.45, 2.75) is 31.7 Å². The van der Waals surface area contributed by atoms with Gasteiger partial charge in [0.15, 0.2) is 0 Å². The minimum Gasteiger partial charge on any atom is -0.339 e. The van der Waals surface area contributed by atoms with E-state index in [1.54, 1.807) is 0 Å². The number of hydrogen-bond donors (Lipinski definition) is 1. The Morgan fingerprint density at radius 1 is 1.46 bits per heavy atom. The molecule has 2 aliphatic carbocycles. The van der Waals surface area contributed by atoms with Crippen LogP contribution in [0.15, 0.2) is 0 Å². The molecule has 13 heavy (non-hydrogen) atoms. The molecule has 3 fully saturated rings. The van der Waals surface area contributed by atoms with Crippen LogP contribution in [0.4, 0.5) is 0 Å². The van der Waals surface area contributed by atoms with Gasteiger partial charge in [0.05, 0.1) is 0 Å². The molecule has 3 aliphatic rings. The van der Waals surface area contributed by atoms with Crippen molar-refractivity contribution in [3.8, 4) is 0 Å². The second-order valence-electron chi connectivity index (χ2n) is 4.96. The zero-order valence-electron chi connectivity index (χ0n) is 7.83. The number of amides is 1. The third kappa shape index (κ3) is 1.10. The van der Waals surface area contributed by atoms with Crippen LogP contribution in [0, 0.1) is 11.3 Å². The number of β-lactam (4-membered cyclic amide) rings is 1. The molecule has 0 aromatic rings. The van der Waals surface area contributed by atoms with Crippen LogP contribution in [-0.2, 0) is 4.79 Å². The fourth-order valence-electron chi connectivity index (χ4n) is 2.60. The van der Waals surface area contributed by atoms with Crippen molar-refractivity contribution < 1.29 is 4.79 Å². The molecule has 1 atom stereocenters. The first kappa shape index (κ1) is 7.80. The van der Waals surface area contributed by atoms with E-state index < -0.39 is 0 Å². The largest absolute Gasteiger partial charge is 0.339 e. The number of nitrogens with two attached hydrogens (primary N) is 1. The molecule has 1 saturated heterocycles. The molecular formula is C10H16N2O. The Hall–Kier alpha value is -0.570. The van der Waals surface area contributed by atoms with Crippen molar-refractivity contribution >= 4 is 5.91 Å². The third-order valence-corrected chi connectivity index (χ3v) is 3.89. The normalized spacial score (nSPS) is 35.9. The molecule has 0 spiro atoms. The summed E-state index contributed by atoms with van der Waals surface area (Å²) >= 11 is 0. The fraction of sp³-hybridized carbons (Fsp3) is 0.900. The highest BCUT2D eigenvalue weighted by Crippen LogP contribution is 2.61. The van der Waals surface area contributed by atoms with Crippen LogP contribution in [0.25, 0.3) is 0 Å². The van der Waals surface area contributed by atoms with E-state index in [1.807, 2.05) is 4.90 Å². The van der Waals surface area contributed by atoms with Crippen molar-refractivity contribution in [1.29, 1.82) is 0 Å². The van der Waals surface area contributed by atoms with Gasteiger partial charge in [0.1, 0.15) is 6.04 Å². The first-order valence-electron chi connectivity index (χ1n) is 5.26. The van der Waals surface area contributed by atoms with Gasteiger partial charge in [-0.05, 0) is 37.0 Å². The number of rotatable bonds is 3. The van der Waals surface area contributed by atoms with E-state index in [9.17, 15) is 4.79 Å². The SMILES string of the molecule is NC1CN(CC2(C3CC3)CC2)C1=O. The molecule has 0 bridgehead atoms. The smallest absolute Gasteiger partial charge is 0.241 e. The highest BCUT2D eigenvalue weighted by atomic mass is 16.2. The van der Waals surface area contributed by atoms with Gasteiger partial charge in [-0.3, -0.25) is 4.79 Å². The number of likely N-dealkylation sites (tertiary alicyclic amines) is 1. The number of carbonyl (C=O) groups excluding carboxylic acids is 1. The zero-order chi connectivity index (χ0) is 9.05. The second-order valence-corrected chi connectivity index (χ2v) is 4.96. The summed E-state index contributed by atoms with van der Waals surface area (Å²) in [4.78, 5) is 13.3. The summed E-state index contributed by atoms with van der Waals surface area (Å²) in [7, 11) is 0. The van der Waals surface area contributed by atoms with Gasteiger partial charge in [-0.2, -0.15) is 0 Å². The summed E-state index contributed by atoms with van der Waals surface area (Å²) < 4.78 is 0. The van der Waals surface area contributed by atoms with Crippen molar-refractivity contribution in [1.82, 2.24) is 4.90 Å². The zero-order valence-corrected chi connectivity index (χ0v) is 7.83. The summed E-state index contributed by atoms with van der Waals surface area (Å²) in [5, 5.41) is 0. The summed E-state index contributed by atoms with van der Waals surface area (Å²) in [6.07, 6.45) is 5.48. The maximum absolute atomic E-state index is 11.3. The first-order chi connectivity index (χ1) is 6.21. The van der Waals surface area contributed by atoms with E-state index in [0.717, 1.165) is 19.0 Å². The number of hydrogen-bond acceptors (Lipinski definition) is 2. The maximum Gasteiger partial charge on any atom is 0.241 e. The lowest BCUT2D eigenvalue weighted by Gasteiger charge is -2.38. The highest BCUT2D eigenvalue weighted by molar-refractivity contribution is 5.87. The predicted octanol–water partition coefficient (Wildman–Crippen LogP) is 0.346. The molecule has 1 amide bonds. The van der Waals surface area contributed by atoms with Crippen LogP contribution in [-0.4, -0.2) is 29.9 Å². The summed E-state index contributed by atoms with van der Waals surface area (Å²) in [5.41, 5.74) is 6.10. The lowest BCUT2D eigenvalue weighted by Crippen LogP contribution is -2.62. The Kier molecular flexibility index (Phi) is 1.36. The van der Waals surface area contributed by atoms with Crippen LogP contribution < -0.4 is 5.73 Å². The van der Waals surface area contributed by atoms with Gasteiger partial charge in [-0.15, -0.1) is 0 Å². The van der Waals surface area contributed by atoms with E-state index in [2.05, 4.69) is 0 Å². The van der Waals surface area contributed by atoms with E-state index in [0.29, 0.717) is 5.41 Å². The molecule has 0 radical (unpaired) electrons. The van der Waals surface area contributed by atoms with Gasteiger partial charge in [-0.1, -0.05) is 0 Å². The van der Waals surface area contributed by atoms with Crippen LogP contribution in [0.2, 0.25) is 0 Å². The highest BCUT2D eigenvalue weighted by Gasteiger charge is 2.56. The van der Waals surface area contributed by atoms with Crippen molar-refractivity contribution in [3.63, 3.8) is 0 Å². The Morgan fingerprint density at radius 3 is 2.54 bits per heavy atom. The summed E-state index contributed by atoms with van der Waals surface area (Å²) in [6, 6.07) is -0.185. The Bertz CT molecular complexity index is 256. The van der Waals surface area contributed by atoms with Crippen molar-refractivity contribution in [3.05, 3.63) is 0 Å². The number of carbonyl (C=O) groups is 1. The third-order valence-electron chi connectivity index (χ3n) is 3.89. The topological polar surface area (TPSA) is 46.3 Å². The molecule has 3 heteroatoms. The van der Waals surface area contributed by atoms with Gasteiger partial charge >= 0.3 is 0 Å². The molecule has 2 saturated carbocycles. The van der Waals surface area contributed by atoms with Crippen molar-refractivity contribution in [2.24, 2.45) is 17.1 Å². The van der Waals surface area contributed by atoms with Gasteiger partial charge < -0.3 is 10.6 Å². The van der Waals surface area contributed by atoms with Gasteiger partial charge in [0.2, 0.25) is 5.91 Å². The molecule has 3 rings (SSSR count). The quantitative estimate of drug-likeness (QED) is 0.637. The molecule has 3 nitrogen and oxygen atoms in total. The van der Waals surface area contributed by atoms with Crippen LogP contribution >= 0.6 is 0 Å². The van der Waals surface area contributed by atoms with Gasteiger partial charge in [0, 0.05) is 13.1 Å². The van der Waals surface area contributed by atoms with Gasteiger partial charge in [-0.25, -0.2) is 0 Å². The molecule has 1 unspecified atom stereocenters. The molecule has 2 N–H and O–H groups in total. The van der Waals surface area contributed by atoms with Crippen LogP contribution in [0.1, 0.15) is 25.7 Å². The second kappa shape index (κ2) is 2.27. The van der Waals surface area contributed by atoms with E-state index in [1.165, 1.54) is 25.7 Å². The average molecular weight is 180 g/mol. The minimum absolute atomic E-state index is 0.173. The van der Waals surface area contributed by atoms with Gasteiger partial charge in [0.25, 0.3) is 0 Å². The minimum atomic E-state index is -0.185. The lowest BCUT2D eigenvalue weighted by molar-refractivity contribution is -0.143. The van der Waals surface area contributed by atoms with E-state index >= 15 is 0 Å².